The summed E-state index contributed by atoms with van der Waals surface area (Å²) in [5.41, 5.74) is -1.24. The molecule has 18 heteroatoms. The van der Waals surface area contributed by atoms with Gasteiger partial charge in [0.15, 0.2) is 0 Å². The molecule has 0 bridgehead atoms. The summed E-state index contributed by atoms with van der Waals surface area (Å²) in [5, 5.41) is 9.66. The molecule has 1 aliphatic carbocycles. The van der Waals surface area contributed by atoms with Crippen LogP contribution in [0.5, 0.6) is 0 Å². The number of halogens is 3. The number of likely N-dealkylation sites (N-methyl/N-ethyl adjacent to an activating group) is 1. The molecule has 344 valence electrons. The van der Waals surface area contributed by atoms with Crippen molar-refractivity contribution in [3.63, 3.8) is 0 Å². The van der Waals surface area contributed by atoms with E-state index < -0.39 is 108 Å². The number of alkyl halides is 3. The topological polar surface area (TPSA) is 193 Å². The molecule has 4 N–H and O–H groups in total. The van der Waals surface area contributed by atoms with E-state index >= 15 is 0 Å². The zero-order valence-electron chi connectivity index (χ0n) is 37.3. The number of benzene rings is 1. The number of rotatable bonds is 17. The lowest BCUT2D eigenvalue weighted by molar-refractivity contribution is -0.148. The van der Waals surface area contributed by atoms with Gasteiger partial charge in [-0.15, -0.1) is 0 Å². The van der Waals surface area contributed by atoms with E-state index in [1.165, 1.54) is 31.0 Å². The maximum Gasteiger partial charge on any atom is 0.408 e. The highest BCUT2D eigenvalue weighted by Gasteiger charge is 2.48. The molecule has 1 saturated heterocycles. The average Bonchev–Trinajstić information content (AvgIpc) is 3.61. The first-order chi connectivity index (χ1) is 28.4. The standard InChI is InChI=1S/C41H61F3N6O9.C2H6/c1-39(2,3)59-38(57)48-31(26-17-13-10-14-18-26)37(56)50-22-20-27(23-40(4,5)58-8)32(50)34(53)46-28(19-21-41(42,43)44)33(52)35(54)45-24-29(51)47-30(36(55)49(6)7)25-15-11-9-12-16-25;1-2/h9,11-12,15-16,26-28,30-32H,10,13-14,17-24H2,1-8H3,(H,45,54)(H,46,53)(H,47,51)(H,48,57);1-2H3/t27-,28?,30?,31?,32?;/m1./s1. The highest BCUT2D eigenvalue weighted by atomic mass is 19.4. The lowest BCUT2D eigenvalue weighted by Gasteiger charge is -2.37. The van der Waals surface area contributed by atoms with Crippen LogP contribution < -0.4 is 21.3 Å². The number of methoxy groups -OCH3 is 1. The molecule has 1 saturated carbocycles. The van der Waals surface area contributed by atoms with Gasteiger partial charge in [-0.3, -0.25) is 28.8 Å². The summed E-state index contributed by atoms with van der Waals surface area (Å²) in [4.78, 5) is 96.9. The van der Waals surface area contributed by atoms with Gasteiger partial charge in [0.25, 0.3) is 5.91 Å². The van der Waals surface area contributed by atoms with Crippen LogP contribution in [0.15, 0.2) is 30.3 Å². The van der Waals surface area contributed by atoms with Gasteiger partial charge in [-0.25, -0.2) is 4.79 Å². The minimum atomic E-state index is -4.77. The Morgan fingerprint density at radius 3 is 2.02 bits per heavy atom. The third-order valence-electron chi connectivity index (χ3n) is 10.5. The van der Waals surface area contributed by atoms with Crippen molar-refractivity contribution in [2.45, 2.75) is 148 Å². The summed E-state index contributed by atoms with van der Waals surface area (Å²) in [7, 11) is 4.44. The number of amides is 6. The van der Waals surface area contributed by atoms with E-state index in [0.29, 0.717) is 18.4 Å². The van der Waals surface area contributed by atoms with Crippen LogP contribution in [0.2, 0.25) is 0 Å². The van der Waals surface area contributed by atoms with E-state index in [4.69, 9.17) is 9.47 Å². The predicted octanol–water partition coefficient (Wildman–Crippen LogP) is 4.98. The molecule has 6 amide bonds. The van der Waals surface area contributed by atoms with Crippen molar-refractivity contribution in [1.82, 2.24) is 31.1 Å². The SMILES string of the molecule is CC.COC(C)(C)C[C@H]1CCN(C(=O)C(NC(=O)OC(C)(C)C)C2CCCCC2)C1C(=O)NC(CCC(F)(F)F)C(=O)C(=O)NCC(=O)NC(C(=O)N(C)C)c1ccccc1. The minimum absolute atomic E-state index is 0.0532. The van der Waals surface area contributed by atoms with E-state index in [9.17, 15) is 46.7 Å². The number of carbonyl (C=O) groups excluding carboxylic acids is 7. The van der Waals surface area contributed by atoms with Gasteiger partial charge >= 0.3 is 12.3 Å². The van der Waals surface area contributed by atoms with Crippen molar-refractivity contribution in [2.75, 3.05) is 34.3 Å². The summed E-state index contributed by atoms with van der Waals surface area (Å²) in [6.45, 7) is 11.8. The Morgan fingerprint density at radius 1 is 0.869 bits per heavy atom. The quantitative estimate of drug-likeness (QED) is 0.157. The Bertz CT molecular complexity index is 1650. The van der Waals surface area contributed by atoms with Crippen LogP contribution in [0.1, 0.15) is 118 Å². The van der Waals surface area contributed by atoms with Crippen LogP contribution in [-0.2, 0) is 38.2 Å². The monoisotopic (exact) mass is 868 g/mol. The van der Waals surface area contributed by atoms with Gasteiger partial charge < -0.3 is 40.5 Å². The van der Waals surface area contributed by atoms with Gasteiger partial charge in [0.2, 0.25) is 29.4 Å². The fourth-order valence-corrected chi connectivity index (χ4v) is 7.49. The summed E-state index contributed by atoms with van der Waals surface area (Å²) < 4.78 is 51.8. The Morgan fingerprint density at radius 2 is 1.48 bits per heavy atom. The second-order valence-corrected chi connectivity index (χ2v) is 17.1. The van der Waals surface area contributed by atoms with E-state index in [1.54, 1.807) is 65.0 Å². The second kappa shape index (κ2) is 23.5. The third kappa shape index (κ3) is 16.9. The third-order valence-corrected chi connectivity index (χ3v) is 10.5. The summed E-state index contributed by atoms with van der Waals surface area (Å²) in [5.74, 6) is -6.68. The van der Waals surface area contributed by atoms with Gasteiger partial charge in [-0.05, 0) is 84.1 Å². The zero-order valence-corrected chi connectivity index (χ0v) is 37.3. The second-order valence-electron chi connectivity index (χ2n) is 17.1. The molecule has 15 nitrogen and oxygen atoms in total. The number of likely N-dealkylation sites (tertiary alicyclic amines) is 1. The van der Waals surface area contributed by atoms with Gasteiger partial charge in [0.1, 0.15) is 23.7 Å². The van der Waals surface area contributed by atoms with Gasteiger partial charge in [0.05, 0.1) is 18.2 Å². The number of hydrogen-bond acceptors (Lipinski definition) is 9. The molecule has 1 aromatic carbocycles. The van der Waals surface area contributed by atoms with E-state index in [0.717, 1.165) is 19.3 Å². The molecule has 5 atom stereocenters. The molecule has 3 rings (SSSR count). The normalized spacial score (nSPS) is 18.6. The summed E-state index contributed by atoms with van der Waals surface area (Å²) >= 11 is 0. The Labute approximate surface area is 358 Å². The number of carbonyl (C=O) groups is 7. The van der Waals surface area contributed by atoms with Gasteiger partial charge in [-0.2, -0.15) is 13.2 Å². The lowest BCUT2D eigenvalue weighted by Crippen LogP contribution is -2.59. The molecule has 0 radical (unpaired) electrons. The molecule has 1 aliphatic heterocycles. The van der Waals surface area contributed by atoms with Crippen molar-refractivity contribution in [1.29, 1.82) is 0 Å². The highest BCUT2D eigenvalue weighted by Crippen LogP contribution is 2.36. The van der Waals surface area contributed by atoms with Crippen molar-refractivity contribution in [3.8, 4) is 0 Å². The van der Waals surface area contributed by atoms with Crippen molar-refractivity contribution >= 4 is 41.4 Å². The van der Waals surface area contributed by atoms with Crippen molar-refractivity contribution < 1.29 is 56.2 Å². The molecule has 0 spiro atoms. The first kappa shape index (κ1) is 52.4. The summed E-state index contributed by atoms with van der Waals surface area (Å²) in [6, 6.07) is 2.70. The van der Waals surface area contributed by atoms with Crippen LogP contribution >= 0.6 is 0 Å². The molecule has 0 aromatic heterocycles. The average molecular weight is 869 g/mol. The number of hydrogen-bond donors (Lipinski definition) is 4. The Kier molecular flexibility index (Phi) is 20.2. The Hall–Kier alpha value is -4.74. The fraction of sp³-hybridized carbons (Fsp3) is 0.698. The highest BCUT2D eigenvalue weighted by molar-refractivity contribution is 6.38. The van der Waals surface area contributed by atoms with E-state index in [2.05, 4.69) is 21.3 Å². The van der Waals surface area contributed by atoms with Crippen LogP contribution in [-0.4, -0.2) is 121 Å². The van der Waals surface area contributed by atoms with Crippen LogP contribution in [0, 0.1) is 11.8 Å². The maximum absolute atomic E-state index is 14.5. The number of ether oxygens (including phenoxy) is 2. The largest absolute Gasteiger partial charge is 0.444 e. The minimum Gasteiger partial charge on any atom is -0.444 e. The first-order valence-electron chi connectivity index (χ1n) is 21.0. The Balaban J connectivity index is 0.00000631. The predicted molar refractivity (Wildman–Crippen MR) is 222 cm³/mol. The number of ketones is 1. The first-order valence-corrected chi connectivity index (χ1v) is 21.0. The number of Topliss-reactive ketones (excluding diaryl/α,β-unsaturated/α-hetero) is 1. The number of nitrogens with one attached hydrogen (secondary N) is 4. The molecule has 2 aliphatic rings. The molecular weight excluding hydrogens is 801 g/mol. The van der Waals surface area contributed by atoms with Crippen LogP contribution in [0.3, 0.4) is 0 Å². The molecule has 61 heavy (non-hydrogen) atoms. The molecule has 4 unspecified atom stereocenters. The number of nitrogens with zero attached hydrogens (tertiary/aromatic N) is 2. The molecule has 2 fully saturated rings. The van der Waals surface area contributed by atoms with Crippen molar-refractivity contribution in [3.05, 3.63) is 35.9 Å². The van der Waals surface area contributed by atoms with Crippen molar-refractivity contribution in [2.24, 2.45) is 11.8 Å². The smallest absolute Gasteiger partial charge is 0.408 e. The van der Waals surface area contributed by atoms with E-state index in [-0.39, 0.29) is 25.3 Å². The van der Waals surface area contributed by atoms with E-state index in [1.807, 2.05) is 13.8 Å². The maximum atomic E-state index is 14.5. The fourth-order valence-electron chi connectivity index (χ4n) is 7.49. The van der Waals surface area contributed by atoms with Crippen LogP contribution in [0.25, 0.3) is 0 Å². The summed E-state index contributed by atoms with van der Waals surface area (Å²) in [6.07, 6.45) is -3.81. The molecule has 1 heterocycles. The number of alkyl carbamates (subject to hydrolysis) is 1. The van der Waals surface area contributed by atoms with Gasteiger partial charge in [0, 0.05) is 34.2 Å². The van der Waals surface area contributed by atoms with Crippen LogP contribution in [0.4, 0.5) is 18.0 Å². The molecular formula is C43H67F3N6O9. The zero-order chi connectivity index (χ0) is 46.3. The lowest BCUT2D eigenvalue weighted by atomic mass is 9.83. The molecule has 1 aromatic rings. The van der Waals surface area contributed by atoms with Gasteiger partial charge in [-0.1, -0.05) is 63.4 Å².